The van der Waals surface area contributed by atoms with E-state index in [0.29, 0.717) is 32.3 Å². The van der Waals surface area contributed by atoms with Crippen LogP contribution in [0.15, 0.2) is 36.4 Å². The first-order valence-electron chi connectivity index (χ1n) is 7.04. The zero-order valence-electron chi connectivity index (χ0n) is 11.9. The molecule has 0 aliphatic heterocycles. The highest BCUT2D eigenvalue weighted by atomic mass is 16.5. The second-order valence-corrected chi connectivity index (χ2v) is 4.42. The average Bonchev–Trinajstić information content (AvgIpc) is 2.50. The third kappa shape index (κ3) is 4.79. The Labute approximate surface area is 119 Å². The SMILES string of the molecule is CCCOCCOCCOc1ccc2ccccc2n1. The van der Waals surface area contributed by atoms with Crippen LogP contribution in [0.1, 0.15) is 13.3 Å². The van der Waals surface area contributed by atoms with Crippen molar-refractivity contribution in [2.45, 2.75) is 13.3 Å². The number of hydrogen-bond donors (Lipinski definition) is 0. The molecule has 4 heteroatoms. The van der Waals surface area contributed by atoms with Crippen molar-refractivity contribution in [3.63, 3.8) is 0 Å². The van der Waals surface area contributed by atoms with E-state index in [9.17, 15) is 0 Å². The van der Waals surface area contributed by atoms with Crippen molar-refractivity contribution < 1.29 is 14.2 Å². The van der Waals surface area contributed by atoms with Crippen LogP contribution in [0.25, 0.3) is 10.9 Å². The molecule has 0 bridgehead atoms. The summed E-state index contributed by atoms with van der Waals surface area (Å²) >= 11 is 0. The zero-order valence-corrected chi connectivity index (χ0v) is 11.9. The Balaban J connectivity index is 1.65. The summed E-state index contributed by atoms with van der Waals surface area (Å²) in [6.45, 7) is 5.17. The number of para-hydroxylation sites is 1. The van der Waals surface area contributed by atoms with Crippen LogP contribution < -0.4 is 4.74 Å². The Bertz CT molecular complexity index is 516. The zero-order chi connectivity index (χ0) is 14.0. The Hall–Kier alpha value is -1.65. The molecular formula is C16H21NO3. The summed E-state index contributed by atoms with van der Waals surface area (Å²) in [4.78, 5) is 4.43. The van der Waals surface area contributed by atoms with Crippen molar-refractivity contribution >= 4 is 10.9 Å². The van der Waals surface area contributed by atoms with E-state index in [1.165, 1.54) is 0 Å². The fraction of sp³-hybridized carbons (Fsp3) is 0.438. The maximum absolute atomic E-state index is 5.56. The van der Waals surface area contributed by atoms with E-state index >= 15 is 0 Å². The van der Waals surface area contributed by atoms with Gasteiger partial charge in [-0.2, -0.15) is 0 Å². The van der Waals surface area contributed by atoms with Gasteiger partial charge in [-0.05, 0) is 18.6 Å². The molecule has 0 aliphatic carbocycles. The Morgan fingerprint density at radius 3 is 2.45 bits per heavy atom. The molecule has 0 aliphatic rings. The maximum Gasteiger partial charge on any atom is 0.213 e. The molecule has 0 saturated heterocycles. The number of rotatable bonds is 9. The van der Waals surface area contributed by atoms with Gasteiger partial charge in [0.1, 0.15) is 6.61 Å². The largest absolute Gasteiger partial charge is 0.475 e. The van der Waals surface area contributed by atoms with Gasteiger partial charge >= 0.3 is 0 Å². The summed E-state index contributed by atoms with van der Waals surface area (Å²) in [6, 6.07) is 11.9. The lowest BCUT2D eigenvalue weighted by atomic mass is 10.2. The molecule has 2 rings (SSSR count). The molecule has 0 N–H and O–H groups in total. The number of fused-ring (bicyclic) bond motifs is 1. The van der Waals surface area contributed by atoms with E-state index in [0.717, 1.165) is 23.9 Å². The highest BCUT2D eigenvalue weighted by molar-refractivity contribution is 5.78. The van der Waals surface area contributed by atoms with Crippen LogP contribution >= 0.6 is 0 Å². The second kappa shape index (κ2) is 8.51. The fourth-order valence-corrected chi connectivity index (χ4v) is 1.80. The number of benzene rings is 1. The number of aromatic nitrogens is 1. The minimum atomic E-state index is 0.499. The standard InChI is InChI=1S/C16H21NO3/c1-2-9-18-10-11-19-12-13-20-16-8-7-14-5-3-4-6-15(14)17-16/h3-8H,2,9-13H2,1H3. The van der Waals surface area contributed by atoms with Gasteiger partial charge in [-0.15, -0.1) is 0 Å². The smallest absolute Gasteiger partial charge is 0.213 e. The van der Waals surface area contributed by atoms with Gasteiger partial charge in [0.25, 0.3) is 0 Å². The van der Waals surface area contributed by atoms with E-state index in [4.69, 9.17) is 14.2 Å². The summed E-state index contributed by atoms with van der Waals surface area (Å²) in [5.74, 6) is 0.634. The molecule has 4 nitrogen and oxygen atoms in total. The maximum atomic E-state index is 5.56. The number of nitrogens with zero attached hydrogens (tertiary/aromatic N) is 1. The van der Waals surface area contributed by atoms with Gasteiger partial charge in [0, 0.05) is 18.1 Å². The van der Waals surface area contributed by atoms with Crippen molar-refractivity contribution in [3.05, 3.63) is 36.4 Å². The van der Waals surface area contributed by atoms with Crippen molar-refractivity contribution in [2.24, 2.45) is 0 Å². The molecule has 20 heavy (non-hydrogen) atoms. The molecule has 1 aromatic heterocycles. The average molecular weight is 275 g/mol. The molecule has 0 unspecified atom stereocenters. The van der Waals surface area contributed by atoms with Crippen LogP contribution in [0.2, 0.25) is 0 Å². The van der Waals surface area contributed by atoms with Gasteiger partial charge in [0.2, 0.25) is 5.88 Å². The highest BCUT2D eigenvalue weighted by Gasteiger charge is 1.98. The first-order chi connectivity index (χ1) is 9.90. The topological polar surface area (TPSA) is 40.6 Å². The number of pyridine rings is 1. The van der Waals surface area contributed by atoms with E-state index < -0.39 is 0 Å². The van der Waals surface area contributed by atoms with Gasteiger partial charge in [-0.25, -0.2) is 4.98 Å². The third-order valence-corrected chi connectivity index (χ3v) is 2.77. The van der Waals surface area contributed by atoms with E-state index in [1.807, 2.05) is 36.4 Å². The summed E-state index contributed by atoms with van der Waals surface area (Å²) in [5.41, 5.74) is 0.943. The molecule has 2 aromatic rings. The summed E-state index contributed by atoms with van der Waals surface area (Å²) in [5, 5.41) is 1.11. The lowest BCUT2D eigenvalue weighted by Crippen LogP contribution is -2.11. The molecule has 0 atom stereocenters. The van der Waals surface area contributed by atoms with Crippen molar-refractivity contribution in [1.82, 2.24) is 4.98 Å². The molecule has 1 aromatic carbocycles. The minimum Gasteiger partial charge on any atom is -0.475 e. The van der Waals surface area contributed by atoms with Gasteiger partial charge in [-0.3, -0.25) is 0 Å². The molecular weight excluding hydrogens is 254 g/mol. The fourth-order valence-electron chi connectivity index (χ4n) is 1.80. The van der Waals surface area contributed by atoms with E-state index in [-0.39, 0.29) is 0 Å². The molecule has 108 valence electrons. The van der Waals surface area contributed by atoms with Crippen molar-refractivity contribution in [1.29, 1.82) is 0 Å². The summed E-state index contributed by atoms with van der Waals surface area (Å²) < 4.78 is 16.3. The number of ether oxygens (including phenoxy) is 3. The Morgan fingerprint density at radius 1 is 0.850 bits per heavy atom. The Kier molecular flexibility index (Phi) is 6.27. The highest BCUT2D eigenvalue weighted by Crippen LogP contribution is 2.15. The number of hydrogen-bond acceptors (Lipinski definition) is 4. The van der Waals surface area contributed by atoms with Gasteiger partial charge in [-0.1, -0.05) is 25.1 Å². The van der Waals surface area contributed by atoms with Crippen LogP contribution in [0.4, 0.5) is 0 Å². The monoisotopic (exact) mass is 275 g/mol. The van der Waals surface area contributed by atoms with Crippen molar-refractivity contribution in [3.8, 4) is 5.88 Å². The summed E-state index contributed by atoms with van der Waals surface area (Å²) in [7, 11) is 0. The third-order valence-electron chi connectivity index (χ3n) is 2.77. The molecule has 0 fully saturated rings. The van der Waals surface area contributed by atoms with E-state index in [1.54, 1.807) is 0 Å². The van der Waals surface area contributed by atoms with Crippen LogP contribution in [0.3, 0.4) is 0 Å². The van der Waals surface area contributed by atoms with Crippen LogP contribution in [0.5, 0.6) is 5.88 Å². The second-order valence-electron chi connectivity index (χ2n) is 4.42. The molecule has 0 radical (unpaired) electrons. The van der Waals surface area contributed by atoms with Crippen molar-refractivity contribution in [2.75, 3.05) is 33.0 Å². The lowest BCUT2D eigenvalue weighted by Gasteiger charge is -2.07. The van der Waals surface area contributed by atoms with Gasteiger partial charge in [0.15, 0.2) is 0 Å². The lowest BCUT2D eigenvalue weighted by molar-refractivity contribution is 0.0361. The molecule has 0 saturated carbocycles. The normalized spacial score (nSPS) is 10.8. The van der Waals surface area contributed by atoms with Crippen LogP contribution in [0, 0.1) is 0 Å². The van der Waals surface area contributed by atoms with Crippen LogP contribution in [-0.4, -0.2) is 38.0 Å². The molecule has 1 heterocycles. The predicted octanol–water partition coefficient (Wildman–Crippen LogP) is 3.06. The predicted molar refractivity (Wildman–Crippen MR) is 79.2 cm³/mol. The van der Waals surface area contributed by atoms with E-state index in [2.05, 4.69) is 11.9 Å². The molecule has 0 spiro atoms. The molecule has 0 amide bonds. The Morgan fingerprint density at radius 2 is 1.60 bits per heavy atom. The first-order valence-corrected chi connectivity index (χ1v) is 7.04. The quantitative estimate of drug-likeness (QED) is 0.659. The van der Waals surface area contributed by atoms with Crippen LogP contribution in [-0.2, 0) is 9.47 Å². The minimum absolute atomic E-state index is 0.499. The first kappa shape index (κ1) is 14.8. The summed E-state index contributed by atoms with van der Waals surface area (Å²) in [6.07, 6.45) is 1.04. The van der Waals surface area contributed by atoms with Gasteiger partial charge < -0.3 is 14.2 Å². The van der Waals surface area contributed by atoms with Gasteiger partial charge in [0.05, 0.1) is 25.3 Å².